The summed E-state index contributed by atoms with van der Waals surface area (Å²) in [7, 11) is 0. The number of hydrogen-bond acceptors (Lipinski definition) is 4. The zero-order valence-electron chi connectivity index (χ0n) is 12.7. The molecule has 0 aliphatic carbocycles. The van der Waals surface area contributed by atoms with E-state index < -0.39 is 0 Å². The summed E-state index contributed by atoms with van der Waals surface area (Å²) in [6.45, 7) is 1.79. The van der Waals surface area contributed by atoms with Crippen molar-refractivity contribution >= 4 is 5.91 Å². The predicted octanol–water partition coefficient (Wildman–Crippen LogP) is 2.70. The van der Waals surface area contributed by atoms with Gasteiger partial charge in [-0.15, -0.1) is 0 Å². The first-order chi connectivity index (χ1) is 11.3. The molecule has 2 aromatic heterocycles. The summed E-state index contributed by atoms with van der Waals surface area (Å²) in [6.07, 6.45) is 6.40. The molecule has 0 saturated heterocycles. The van der Waals surface area contributed by atoms with Crippen molar-refractivity contribution in [1.82, 2.24) is 20.3 Å². The lowest BCUT2D eigenvalue weighted by Crippen LogP contribution is -2.30. The number of hydrogen-bond donors (Lipinski definition) is 1. The lowest BCUT2D eigenvalue weighted by molar-refractivity contribution is 0.0941. The Labute approximate surface area is 134 Å². The van der Waals surface area contributed by atoms with Gasteiger partial charge in [0.15, 0.2) is 0 Å². The average Bonchev–Trinajstić information content (AvgIpc) is 2.61. The molecular weight excluding hydrogens is 288 g/mol. The molecular formula is C18H16N4O. The topological polar surface area (TPSA) is 67.8 Å². The Kier molecular flexibility index (Phi) is 4.38. The molecule has 1 atom stereocenters. The first-order valence-corrected chi connectivity index (χ1v) is 7.28. The quantitative estimate of drug-likeness (QED) is 0.804. The maximum Gasteiger partial charge on any atom is 0.255 e. The number of carbonyl (C=O) groups is 1. The minimum Gasteiger partial charge on any atom is -0.341 e. The van der Waals surface area contributed by atoms with E-state index in [0.717, 1.165) is 11.1 Å². The van der Waals surface area contributed by atoms with Crippen molar-refractivity contribution in [3.05, 3.63) is 89.8 Å². The van der Waals surface area contributed by atoms with Crippen LogP contribution in [0.2, 0.25) is 0 Å². The molecule has 0 fully saturated rings. The molecule has 1 amide bonds. The maximum absolute atomic E-state index is 12.6. The molecule has 0 saturated carbocycles. The van der Waals surface area contributed by atoms with Gasteiger partial charge in [-0.05, 0) is 30.2 Å². The van der Waals surface area contributed by atoms with Gasteiger partial charge in [-0.1, -0.05) is 30.3 Å². The van der Waals surface area contributed by atoms with Crippen molar-refractivity contribution < 1.29 is 4.79 Å². The molecule has 1 aromatic carbocycles. The Morgan fingerprint density at radius 1 is 1.00 bits per heavy atom. The van der Waals surface area contributed by atoms with Crippen LogP contribution in [0.4, 0.5) is 0 Å². The smallest absolute Gasteiger partial charge is 0.255 e. The largest absolute Gasteiger partial charge is 0.341 e. The number of nitrogens with one attached hydrogen (secondary N) is 1. The van der Waals surface area contributed by atoms with E-state index in [2.05, 4.69) is 20.3 Å². The highest BCUT2D eigenvalue weighted by molar-refractivity contribution is 5.95. The van der Waals surface area contributed by atoms with E-state index in [0.29, 0.717) is 11.3 Å². The standard InChI is InChI=1S/C18H16N4O/c1-13-16(11-20-12-21-13)18(23)22-17(14-5-3-2-4-6-14)15-7-9-19-10-8-15/h2-12,17H,1H3,(H,22,23)/t17-/m1/s1. The molecule has 114 valence electrons. The maximum atomic E-state index is 12.6. The highest BCUT2D eigenvalue weighted by Gasteiger charge is 2.19. The van der Waals surface area contributed by atoms with Gasteiger partial charge in [0, 0.05) is 18.6 Å². The van der Waals surface area contributed by atoms with Crippen LogP contribution in [0.15, 0.2) is 67.4 Å². The Morgan fingerprint density at radius 2 is 1.70 bits per heavy atom. The zero-order chi connectivity index (χ0) is 16.1. The number of rotatable bonds is 4. The number of aromatic nitrogens is 3. The highest BCUT2D eigenvalue weighted by Crippen LogP contribution is 2.22. The summed E-state index contributed by atoms with van der Waals surface area (Å²) in [4.78, 5) is 24.7. The van der Waals surface area contributed by atoms with Crippen LogP contribution in [0.5, 0.6) is 0 Å². The van der Waals surface area contributed by atoms with Gasteiger partial charge in [0.1, 0.15) is 6.33 Å². The molecule has 0 aliphatic heterocycles. The lowest BCUT2D eigenvalue weighted by Gasteiger charge is -2.20. The SMILES string of the molecule is Cc1ncncc1C(=O)N[C@H](c1ccccc1)c1ccncc1. The first kappa shape index (κ1) is 14.8. The molecule has 23 heavy (non-hydrogen) atoms. The lowest BCUT2D eigenvalue weighted by atomic mass is 9.99. The summed E-state index contributed by atoms with van der Waals surface area (Å²) in [5.41, 5.74) is 3.09. The van der Waals surface area contributed by atoms with Crippen molar-refractivity contribution in [3.63, 3.8) is 0 Å². The fourth-order valence-electron chi connectivity index (χ4n) is 2.38. The third-order valence-electron chi connectivity index (χ3n) is 3.60. The fraction of sp³-hybridized carbons (Fsp3) is 0.111. The Balaban J connectivity index is 1.94. The Bertz CT molecular complexity index is 751. The second-order valence-corrected chi connectivity index (χ2v) is 5.12. The van der Waals surface area contributed by atoms with Crippen LogP contribution in [-0.2, 0) is 0 Å². The molecule has 3 rings (SSSR count). The summed E-state index contributed by atoms with van der Waals surface area (Å²) in [5.74, 6) is -0.200. The molecule has 5 nitrogen and oxygen atoms in total. The molecule has 1 N–H and O–H groups in total. The summed E-state index contributed by atoms with van der Waals surface area (Å²) < 4.78 is 0. The van der Waals surface area contributed by atoms with E-state index in [9.17, 15) is 4.79 Å². The molecule has 0 spiro atoms. The Hall–Kier alpha value is -3.08. The van der Waals surface area contributed by atoms with E-state index in [4.69, 9.17) is 0 Å². The van der Waals surface area contributed by atoms with Gasteiger partial charge in [0.25, 0.3) is 5.91 Å². The number of nitrogens with zero attached hydrogens (tertiary/aromatic N) is 3. The van der Waals surface area contributed by atoms with Crippen LogP contribution in [0.25, 0.3) is 0 Å². The molecule has 3 aromatic rings. The van der Waals surface area contributed by atoms with E-state index in [1.807, 2.05) is 42.5 Å². The molecule has 0 radical (unpaired) electrons. The third-order valence-corrected chi connectivity index (χ3v) is 3.60. The van der Waals surface area contributed by atoms with Gasteiger partial charge in [0.05, 0.1) is 17.3 Å². The van der Waals surface area contributed by atoms with Crippen LogP contribution >= 0.6 is 0 Å². The van der Waals surface area contributed by atoms with Crippen LogP contribution in [-0.4, -0.2) is 20.9 Å². The minimum atomic E-state index is -0.258. The van der Waals surface area contributed by atoms with Gasteiger partial charge in [-0.25, -0.2) is 9.97 Å². The van der Waals surface area contributed by atoms with E-state index in [-0.39, 0.29) is 11.9 Å². The Morgan fingerprint density at radius 3 is 2.39 bits per heavy atom. The molecule has 0 bridgehead atoms. The van der Waals surface area contributed by atoms with Gasteiger partial charge >= 0.3 is 0 Å². The summed E-state index contributed by atoms with van der Waals surface area (Å²) in [6, 6.07) is 13.4. The highest BCUT2D eigenvalue weighted by atomic mass is 16.1. The van der Waals surface area contributed by atoms with Crippen LogP contribution in [0.1, 0.15) is 33.2 Å². The summed E-state index contributed by atoms with van der Waals surface area (Å²) in [5, 5.41) is 3.06. The normalized spacial score (nSPS) is 11.7. The van der Waals surface area contributed by atoms with Crippen molar-refractivity contribution in [1.29, 1.82) is 0 Å². The van der Waals surface area contributed by atoms with Crippen molar-refractivity contribution in [2.75, 3.05) is 0 Å². The van der Waals surface area contributed by atoms with E-state index in [1.54, 1.807) is 19.3 Å². The van der Waals surface area contributed by atoms with Crippen LogP contribution < -0.4 is 5.32 Å². The van der Waals surface area contributed by atoms with Gasteiger partial charge in [-0.2, -0.15) is 0 Å². The van der Waals surface area contributed by atoms with Crippen molar-refractivity contribution in [2.24, 2.45) is 0 Å². The monoisotopic (exact) mass is 304 g/mol. The van der Waals surface area contributed by atoms with Crippen molar-refractivity contribution in [3.8, 4) is 0 Å². The minimum absolute atomic E-state index is 0.200. The number of benzene rings is 1. The van der Waals surface area contributed by atoms with Gasteiger partial charge < -0.3 is 5.32 Å². The number of pyridine rings is 1. The summed E-state index contributed by atoms with van der Waals surface area (Å²) >= 11 is 0. The van der Waals surface area contributed by atoms with Gasteiger partial charge in [0.2, 0.25) is 0 Å². The average molecular weight is 304 g/mol. The zero-order valence-corrected chi connectivity index (χ0v) is 12.7. The molecule has 0 unspecified atom stereocenters. The second kappa shape index (κ2) is 6.79. The number of aryl methyl sites for hydroxylation is 1. The molecule has 2 heterocycles. The second-order valence-electron chi connectivity index (χ2n) is 5.12. The van der Waals surface area contributed by atoms with Crippen LogP contribution in [0.3, 0.4) is 0 Å². The van der Waals surface area contributed by atoms with E-state index >= 15 is 0 Å². The van der Waals surface area contributed by atoms with Gasteiger partial charge in [-0.3, -0.25) is 9.78 Å². The number of amides is 1. The van der Waals surface area contributed by atoms with Crippen molar-refractivity contribution in [2.45, 2.75) is 13.0 Å². The molecule has 0 aliphatic rings. The van der Waals surface area contributed by atoms with Crippen LogP contribution in [0, 0.1) is 6.92 Å². The molecule has 5 heteroatoms. The number of carbonyl (C=O) groups excluding carboxylic acids is 1. The fourth-order valence-corrected chi connectivity index (χ4v) is 2.38. The third kappa shape index (κ3) is 3.40. The first-order valence-electron chi connectivity index (χ1n) is 7.28. The van der Waals surface area contributed by atoms with E-state index in [1.165, 1.54) is 12.5 Å². The predicted molar refractivity (Wildman–Crippen MR) is 86.8 cm³/mol.